The summed E-state index contributed by atoms with van der Waals surface area (Å²) in [5, 5.41) is 0.699. The average molecular weight is 305 g/mol. The molecule has 0 aromatic heterocycles. The fraction of sp³-hybridized carbons (Fsp3) is 0.500. The van der Waals surface area contributed by atoms with E-state index in [1.807, 2.05) is 12.1 Å². The smallest absolute Gasteiger partial charge is 0.134 e. The van der Waals surface area contributed by atoms with Crippen molar-refractivity contribution >= 4 is 27.5 Å². The molecule has 0 amide bonds. The second-order valence-corrected chi connectivity index (χ2v) is 5.59. The highest BCUT2D eigenvalue weighted by atomic mass is 79.9. The Labute approximate surface area is 109 Å². The maximum absolute atomic E-state index is 6.40. The third kappa shape index (κ3) is 2.08. The summed E-state index contributed by atoms with van der Waals surface area (Å²) >= 11 is 9.74. The molecule has 1 aromatic carbocycles. The zero-order chi connectivity index (χ0) is 11.8. The molecule has 0 atom stereocenters. The van der Waals surface area contributed by atoms with E-state index in [2.05, 4.69) is 15.9 Å². The molecule has 1 aliphatic carbocycles. The summed E-state index contributed by atoms with van der Waals surface area (Å²) in [4.78, 5) is 0. The van der Waals surface area contributed by atoms with Gasteiger partial charge in [0.25, 0.3) is 0 Å². The highest BCUT2D eigenvalue weighted by molar-refractivity contribution is 9.10. The van der Waals surface area contributed by atoms with Crippen molar-refractivity contribution in [2.45, 2.75) is 31.2 Å². The van der Waals surface area contributed by atoms with Gasteiger partial charge in [-0.1, -0.05) is 24.4 Å². The minimum absolute atomic E-state index is 0.258. The van der Waals surface area contributed by atoms with E-state index in [-0.39, 0.29) is 5.54 Å². The summed E-state index contributed by atoms with van der Waals surface area (Å²) in [6.45, 7) is 0. The molecule has 0 saturated heterocycles. The predicted octanol–water partition coefficient (Wildman–Crippen LogP) is 3.84. The van der Waals surface area contributed by atoms with Crippen molar-refractivity contribution < 1.29 is 4.74 Å². The van der Waals surface area contributed by atoms with Gasteiger partial charge in [-0.3, -0.25) is 0 Å². The number of halogens is 2. The Hall–Kier alpha value is -0.250. The van der Waals surface area contributed by atoms with E-state index in [0.29, 0.717) is 5.02 Å². The van der Waals surface area contributed by atoms with Crippen LogP contribution in [0, 0.1) is 0 Å². The molecule has 0 radical (unpaired) electrons. The SMILES string of the molecule is COc1cc(Cl)c(C2(N)CCCC2)cc1Br. The third-order valence-electron chi connectivity index (χ3n) is 3.27. The van der Waals surface area contributed by atoms with Crippen molar-refractivity contribution in [3.05, 3.63) is 27.2 Å². The topological polar surface area (TPSA) is 35.2 Å². The van der Waals surface area contributed by atoms with Gasteiger partial charge in [0.1, 0.15) is 5.75 Å². The number of nitrogens with two attached hydrogens (primary N) is 1. The van der Waals surface area contributed by atoms with Crippen molar-refractivity contribution in [3.8, 4) is 5.75 Å². The number of benzene rings is 1. The summed E-state index contributed by atoms with van der Waals surface area (Å²) in [5.41, 5.74) is 7.16. The zero-order valence-electron chi connectivity index (χ0n) is 9.22. The second-order valence-electron chi connectivity index (χ2n) is 4.33. The van der Waals surface area contributed by atoms with Gasteiger partial charge in [-0.2, -0.15) is 0 Å². The fourth-order valence-corrected chi connectivity index (χ4v) is 3.19. The maximum Gasteiger partial charge on any atom is 0.134 e. The standard InChI is InChI=1S/C12H15BrClNO/c1-16-11-7-10(14)8(6-9(11)13)12(15)4-2-3-5-12/h6-7H,2-5,15H2,1H3. The number of hydrogen-bond acceptors (Lipinski definition) is 2. The molecular weight excluding hydrogens is 289 g/mol. The number of rotatable bonds is 2. The summed E-state index contributed by atoms with van der Waals surface area (Å²) < 4.78 is 6.11. The average Bonchev–Trinajstić information content (AvgIpc) is 2.69. The molecule has 1 saturated carbocycles. The van der Waals surface area contributed by atoms with Crippen molar-refractivity contribution in [1.82, 2.24) is 0 Å². The molecule has 2 rings (SSSR count). The van der Waals surface area contributed by atoms with Crippen molar-refractivity contribution in [2.24, 2.45) is 5.73 Å². The first-order chi connectivity index (χ1) is 7.57. The van der Waals surface area contributed by atoms with E-state index in [9.17, 15) is 0 Å². The molecule has 0 heterocycles. The quantitative estimate of drug-likeness (QED) is 0.901. The summed E-state index contributed by atoms with van der Waals surface area (Å²) in [5.74, 6) is 0.746. The van der Waals surface area contributed by atoms with Crippen LogP contribution in [0.15, 0.2) is 16.6 Å². The monoisotopic (exact) mass is 303 g/mol. The Balaban J connectivity index is 2.45. The van der Waals surface area contributed by atoms with Gasteiger partial charge in [0.15, 0.2) is 0 Å². The molecule has 1 aromatic rings. The van der Waals surface area contributed by atoms with Gasteiger partial charge in [-0.15, -0.1) is 0 Å². The Morgan fingerprint density at radius 2 is 2.00 bits per heavy atom. The first-order valence-electron chi connectivity index (χ1n) is 5.39. The molecule has 1 fully saturated rings. The number of hydrogen-bond donors (Lipinski definition) is 1. The lowest BCUT2D eigenvalue weighted by Gasteiger charge is -2.26. The molecule has 4 heteroatoms. The van der Waals surface area contributed by atoms with Crippen LogP contribution in [-0.4, -0.2) is 7.11 Å². The molecule has 2 nitrogen and oxygen atoms in total. The van der Waals surface area contributed by atoms with E-state index < -0.39 is 0 Å². The predicted molar refractivity (Wildman–Crippen MR) is 70.0 cm³/mol. The zero-order valence-corrected chi connectivity index (χ0v) is 11.6. The minimum atomic E-state index is -0.258. The Kier molecular flexibility index (Phi) is 3.48. The van der Waals surface area contributed by atoms with Gasteiger partial charge in [-0.25, -0.2) is 0 Å². The molecule has 88 valence electrons. The van der Waals surface area contributed by atoms with Crippen molar-refractivity contribution in [2.75, 3.05) is 7.11 Å². The molecule has 16 heavy (non-hydrogen) atoms. The van der Waals surface area contributed by atoms with E-state index in [4.69, 9.17) is 22.1 Å². The van der Waals surface area contributed by atoms with Crippen LogP contribution in [-0.2, 0) is 5.54 Å². The van der Waals surface area contributed by atoms with E-state index in [1.165, 1.54) is 12.8 Å². The lowest BCUT2D eigenvalue weighted by atomic mass is 9.89. The Bertz CT molecular complexity index is 402. The van der Waals surface area contributed by atoms with Gasteiger partial charge >= 0.3 is 0 Å². The van der Waals surface area contributed by atoms with Gasteiger partial charge in [-0.05, 0) is 40.4 Å². The van der Waals surface area contributed by atoms with Crippen LogP contribution >= 0.6 is 27.5 Å². The van der Waals surface area contributed by atoms with E-state index in [1.54, 1.807) is 7.11 Å². The molecule has 0 unspecified atom stereocenters. The molecule has 0 aliphatic heterocycles. The Morgan fingerprint density at radius 1 is 1.38 bits per heavy atom. The largest absolute Gasteiger partial charge is 0.496 e. The molecule has 0 spiro atoms. The summed E-state index contributed by atoms with van der Waals surface area (Å²) in [7, 11) is 1.63. The highest BCUT2D eigenvalue weighted by Gasteiger charge is 2.33. The van der Waals surface area contributed by atoms with Crippen LogP contribution in [0.1, 0.15) is 31.2 Å². The lowest BCUT2D eigenvalue weighted by Crippen LogP contribution is -2.33. The maximum atomic E-state index is 6.40. The Morgan fingerprint density at radius 3 is 2.56 bits per heavy atom. The van der Waals surface area contributed by atoms with Crippen LogP contribution in [0.5, 0.6) is 5.75 Å². The minimum Gasteiger partial charge on any atom is -0.496 e. The van der Waals surface area contributed by atoms with Crippen LogP contribution in [0.25, 0.3) is 0 Å². The van der Waals surface area contributed by atoms with Gasteiger partial charge in [0.05, 0.1) is 11.6 Å². The van der Waals surface area contributed by atoms with Crippen LogP contribution < -0.4 is 10.5 Å². The van der Waals surface area contributed by atoms with Gasteiger partial charge in [0.2, 0.25) is 0 Å². The molecule has 0 bridgehead atoms. The number of ether oxygens (including phenoxy) is 1. The molecule has 2 N–H and O–H groups in total. The van der Waals surface area contributed by atoms with Crippen molar-refractivity contribution in [1.29, 1.82) is 0 Å². The number of methoxy groups -OCH3 is 1. The van der Waals surface area contributed by atoms with E-state index in [0.717, 1.165) is 28.6 Å². The van der Waals surface area contributed by atoms with Gasteiger partial charge in [0, 0.05) is 16.6 Å². The molecule has 1 aliphatic rings. The first-order valence-corrected chi connectivity index (χ1v) is 6.56. The lowest BCUT2D eigenvalue weighted by molar-refractivity contribution is 0.410. The van der Waals surface area contributed by atoms with Gasteiger partial charge < -0.3 is 10.5 Å². The highest BCUT2D eigenvalue weighted by Crippen LogP contribution is 2.42. The van der Waals surface area contributed by atoms with E-state index >= 15 is 0 Å². The third-order valence-corrected chi connectivity index (χ3v) is 4.21. The second kappa shape index (κ2) is 4.55. The van der Waals surface area contributed by atoms with Crippen LogP contribution in [0.4, 0.5) is 0 Å². The molecular formula is C12H15BrClNO. The van der Waals surface area contributed by atoms with Crippen LogP contribution in [0.3, 0.4) is 0 Å². The van der Waals surface area contributed by atoms with Crippen molar-refractivity contribution in [3.63, 3.8) is 0 Å². The fourth-order valence-electron chi connectivity index (χ4n) is 2.34. The van der Waals surface area contributed by atoms with Crippen LogP contribution in [0.2, 0.25) is 5.02 Å². The first kappa shape index (κ1) is 12.2. The summed E-state index contributed by atoms with van der Waals surface area (Å²) in [6.07, 6.45) is 4.37. The normalized spacial score (nSPS) is 18.8. The summed E-state index contributed by atoms with van der Waals surface area (Å²) in [6, 6.07) is 3.82.